The number of pyridine rings is 1. The molecule has 0 radical (unpaired) electrons. The van der Waals surface area contributed by atoms with Crippen molar-refractivity contribution >= 4 is 17.5 Å². The van der Waals surface area contributed by atoms with Crippen LogP contribution in [0.25, 0.3) is 11.3 Å². The van der Waals surface area contributed by atoms with Gasteiger partial charge in [0.25, 0.3) is 0 Å². The van der Waals surface area contributed by atoms with Crippen molar-refractivity contribution in [1.82, 2.24) is 25.2 Å². The van der Waals surface area contributed by atoms with Gasteiger partial charge in [-0.15, -0.1) is 0 Å². The Balaban J connectivity index is 1.74. The van der Waals surface area contributed by atoms with Crippen LogP contribution in [0.4, 0.5) is 16.3 Å². The van der Waals surface area contributed by atoms with E-state index in [0.29, 0.717) is 29.5 Å². The lowest BCUT2D eigenvalue weighted by Gasteiger charge is -2.19. The Morgan fingerprint density at radius 1 is 1.15 bits per heavy atom. The van der Waals surface area contributed by atoms with E-state index in [1.165, 1.54) is 0 Å². The maximum Gasteiger partial charge on any atom is 0.319 e. The minimum absolute atomic E-state index is 0.0929. The van der Waals surface area contributed by atoms with Gasteiger partial charge in [0.1, 0.15) is 11.6 Å². The van der Waals surface area contributed by atoms with Crippen LogP contribution in [0, 0.1) is 0 Å². The average molecular weight is 464 g/mol. The highest BCUT2D eigenvalue weighted by molar-refractivity contribution is 5.91. The number of aromatic nitrogens is 3. The third-order valence-electron chi connectivity index (χ3n) is 5.21. The Kier molecular flexibility index (Phi) is 9.16. The fourth-order valence-corrected chi connectivity index (χ4v) is 3.46. The molecule has 3 N–H and O–H groups in total. The highest BCUT2D eigenvalue weighted by Gasteiger charge is 2.14. The standard InChI is InChI=1S/C25H33N7O2/c1-5-7-20(19-8-6-11-26-15-19)29-24-17-27-16-22(30-24)18-9-10-21(23(14-18)34-4)31-25(33)28-12-13-32(2)3/h6,8-11,14-17,20H,5,7,12-13H2,1-4H3,(H,29,30)(H2,28,31,33). The molecule has 0 spiro atoms. The van der Waals surface area contributed by atoms with Crippen LogP contribution in [-0.4, -0.2) is 60.2 Å². The number of nitrogens with zero attached hydrogens (tertiary/aromatic N) is 4. The maximum absolute atomic E-state index is 12.2. The topological polar surface area (TPSA) is 104 Å². The van der Waals surface area contributed by atoms with Gasteiger partial charge in [0.05, 0.1) is 36.9 Å². The Bertz CT molecular complexity index is 1060. The highest BCUT2D eigenvalue weighted by atomic mass is 16.5. The predicted molar refractivity (Wildman–Crippen MR) is 135 cm³/mol. The molecule has 9 nitrogen and oxygen atoms in total. The summed E-state index contributed by atoms with van der Waals surface area (Å²) in [5.41, 5.74) is 3.22. The van der Waals surface area contributed by atoms with Crippen molar-refractivity contribution < 1.29 is 9.53 Å². The second-order valence-corrected chi connectivity index (χ2v) is 8.16. The fraction of sp³-hybridized carbons (Fsp3) is 0.360. The summed E-state index contributed by atoms with van der Waals surface area (Å²) in [6, 6.07) is 9.34. The van der Waals surface area contributed by atoms with Crippen molar-refractivity contribution in [3.63, 3.8) is 0 Å². The van der Waals surface area contributed by atoms with Gasteiger partial charge in [0, 0.05) is 31.0 Å². The van der Waals surface area contributed by atoms with E-state index in [1.807, 2.05) is 43.4 Å². The molecule has 0 bridgehead atoms. The molecule has 3 rings (SSSR count). The molecule has 0 aliphatic rings. The summed E-state index contributed by atoms with van der Waals surface area (Å²) in [4.78, 5) is 27.6. The molecule has 0 fully saturated rings. The van der Waals surface area contributed by atoms with Crippen LogP contribution >= 0.6 is 0 Å². The van der Waals surface area contributed by atoms with E-state index in [4.69, 9.17) is 9.72 Å². The largest absolute Gasteiger partial charge is 0.495 e. The van der Waals surface area contributed by atoms with Gasteiger partial charge in [-0.3, -0.25) is 9.97 Å². The molecule has 2 aromatic heterocycles. The Morgan fingerprint density at radius 3 is 2.71 bits per heavy atom. The first-order valence-corrected chi connectivity index (χ1v) is 11.4. The normalized spacial score (nSPS) is 11.7. The van der Waals surface area contributed by atoms with Gasteiger partial charge in [-0.1, -0.05) is 25.5 Å². The number of methoxy groups -OCH3 is 1. The Morgan fingerprint density at radius 2 is 2.00 bits per heavy atom. The number of likely N-dealkylation sites (N-methyl/N-ethyl adjacent to an activating group) is 1. The third-order valence-corrected chi connectivity index (χ3v) is 5.21. The minimum Gasteiger partial charge on any atom is -0.495 e. The van der Waals surface area contributed by atoms with Crippen LogP contribution in [0.5, 0.6) is 5.75 Å². The van der Waals surface area contributed by atoms with Crippen molar-refractivity contribution in [3.05, 3.63) is 60.7 Å². The number of rotatable bonds is 11. The van der Waals surface area contributed by atoms with E-state index in [-0.39, 0.29) is 12.1 Å². The van der Waals surface area contributed by atoms with Crippen LogP contribution in [0.3, 0.4) is 0 Å². The lowest BCUT2D eigenvalue weighted by molar-refractivity contribution is 0.250. The zero-order valence-electron chi connectivity index (χ0n) is 20.2. The first-order chi connectivity index (χ1) is 16.5. The number of urea groups is 1. The quantitative estimate of drug-likeness (QED) is 0.392. The van der Waals surface area contributed by atoms with Gasteiger partial charge in [-0.25, -0.2) is 9.78 Å². The predicted octanol–water partition coefficient (Wildman–Crippen LogP) is 4.18. The van der Waals surface area contributed by atoms with Gasteiger partial charge in [-0.2, -0.15) is 0 Å². The number of anilines is 2. The number of nitrogens with one attached hydrogen (secondary N) is 3. The van der Waals surface area contributed by atoms with Crippen LogP contribution in [0.1, 0.15) is 31.4 Å². The monoisotopic (exact) mass is 463 g/mol. The summed E-state index contributed by atoms with van der Waals surface area (Å²) in [6.45, 7) is 3.46. The number of benzene rings is 1. The first kappa shape index (κ1) is 24.9. The molecule has 0 aliphatic heterocycles. The molecule has 0 saturated heterocycles. The number of carbonyl (C=O) groups excluding carboxylic acids is 1. The second kappa shape index (κ2) is 12.5. The van der Waals surface area contributed by atoms with Crippen LogP contribution < -0.4 is 20.7 Å². The van der Waals surface area contributed by atoms with E-state index in [1.54, 1.807) is 31.8 Å². The molecule has 180 valence electrons. The van der Waals surface area contributed by atoms with Crippen molar-refractivity contribution in [2.45, 2.75) is 25.8 Å². The number of hydrogen-bond donors (Lipinski definition) is 3. The van der Waals surface area contributed by atoms with E-state index in [0.717, 1.165) is 30.5 Å². The van der Waals surface area contributed by atoms with E-state index in [9.17, 15) is 4.79 Å². The highest BCUT2D eigenvalue weighted by Crippen LogP contribution is 2.31. The lowest BCUT2D eigenvalue weighted by atomic mass is 10.0. The molecule has 34 heavy (non-hydrogen) atoms. The van der Waals surface area contributed by atoms with E-state index in [2.05, 4.69) is 38.9 Å². The van der Waals surface area contributed by atoms with Crippen LogP contribution in [0.2, 0.25) is 0 Å². The van der Waals surface area contributed by atoms with Gasteiger partial charge >= 0.3 is 6.03 Å². The van der Waals surface area contributed by atoms with E-state index >= 15 is 0 Å². The molecule has 2 heterocycles. The van der Waals surface area contributed by atoms with Gasteiger partial charge < -0.3 is 25.6 Å². The Labute approximate surface area is 201 Å². The number of ether oxygens (including phenoxy) is 1. The molecule has 1 unspecified atom stereocenters. The molecule has 0 saturated carbocycles. The van der Waals surface area contributed by atoms with Gasteiger partial charge in [0.15, 0.2) is 0 Å². The van der Waals surface area contributed by atoms with Gasteiger partial charge in [-0.05, 0) is 44.3 Å². The number of hydrogen-bond acceptors (Lipinski definition) is 7. The number of carbonyl (C=O) groups is 1. The SMILES string of the molecule is CCCC(Nc1cncc(-c2ccc(NC(=O)NCCN(C)C)c(OC)c2)n1)c1cccnc1. The minimum atomic E-state index is -0.281. The average Bonchev–Trinajstić information content (AvgIpc) is 2.84. The maximum atomic E-state index is 12.2. The Hall–Kier alpha value is -3.72. The van der Waals surface area contributed by atoms with Crippen molar-refractivity contribution in [3.8, 4) is 17.0 Å². The van der Waals surface area contributed by atoms with E-state index < -0.39 is 0 Å². The zero-order valence-corrected chi connectivity index (χ0v) is 20.2. The van der Waals surface area contributed by atoms with Crippen LogP contribution in [-0.2, 0) is 0 Å². The summed E-state index contributed by atoms with van der Waals surface area (Å²) in [7, 11) is 5.48. The van der Waals surface area contributed by atoms with Gasteiger partial charge in [0.2, 0.25) is 0 Å². The van der Waals surface area contributed by atoms with Crippen molar-refractivity contribution in [2.24, 2.45) is 0 Å². The zero-order chi connectivity index (χ0) is 24.3. The third kappa shape index (κ3) is 7.14. The van der Waals surface area contributed by atoms with Crippen molar-refractivity contribution in [1.29, 1.82) is 0 Å². The summed E-state index contributed by atoms with van der Waals surface area (Å²) in [6.07, 6.45) is 9.04. The molecule has 9 heteroatoms. The van der Waals surface area contributed by atoms with Crippen LogP contribution in [0.15, 0.2) is 55.1 Å². The lowest BCUT2D eigenvalue weighted by Crippen LogP contribution is -2.34. The van der Waals surface area contributed by atoms with Crippen molar-refractivity contribution in [2.75, 3.05) is 44.9 Å². The smallest absolute Gasteiger partial charge is 0.319 e. The summed E-state index contributed by atoms with van der Waals surface area (Å²) < 4.78 is 5.51. The molecule has 1 aromatic carbocycles. The first-order valence-electron chi connectivity index (χ1n) is 11.4. The summed E-state index contributed by atoms with van der Waals surface area (Å²) in [5, 5.41) is 9.15. The molecule has 1 atom stereocenters. The molecule has 2 amide bonds. The molecule has 0 aliphatic carbocycles. The molecular weight excluding hydrogens is 430 g/mol. The molecular formula is C25H33N7O2. The summed E-state index contributed by atoms with van der Waals surface area (Å²) >= 11 is 0. The summed E-state index contributed by atoms with van der Waals surface area (Å²) in [5.74, 6) is 1.22. The molecule has 3 aromatic rings. The second-order valence-electron chi connectivity index (χ2n) is 8.16. The number of amides is 2. The fourth-order valence-electron chi connectivity index (χ4n) is 3.46.